The summed E-state index contributed by atoms with van der Waals surface area (Å²) >= 11 is 0. The number of carbonyl (C=O) groups is 1. The van der Waals surface area contributed by atoms with E-state index < -0.39 is 0 Å². The second kappa shape index (κ2) is 6.76. The highest BCUT2D eigenvalue weighted by Crippen LogP contribution is 2.21. The van der Waals surface area contributed by atoms with Crippen LogP contribution < -0.4 is 0 Å². The first-order chi connectivity index (χ1) is 9.76. The zero-order valence-electron chi connectivity index (χ0n) is 11.6. The standard InChI is InChI=1S/C16H18N2O2/c1-20-16(19)9-3-2-6-10-18-12-13(11-17)14-7-4-5-8-15(14)18/h4-5,7-8,12H,2-3,6,9-10H2,1H3. The van der Waals surface area contributed by atoms with Gasteiger partial charge in [-0.05, 0) is 18.9 Å². The van der Waals surface area contributed by atoms with E-state index in [1.807, 2.05) is 30.5 Å². The number of hydrogen-bond donors (Lipinski definition) is 0. The van der Waals surface area contributed by atoms with Crippen LogP contribution in [0, 0.1) is 11.3 Å². The summed E-state index contributed by atoms with van der Waals surface area (Å²) in [5.74, 6) is -0.150. The van der Waals surface area contributed by atoms with E-state index in [1.54, 1.807) is 0 Å². The molecule has 1 aromatic carbocycles. The highest BCUT2D eigenvalue weighted by molar-refractivity contribution is 5.86. The molecular weight excluding hydrogens is 252 g/mol. The molecule has 0 amide bonds. The topological polar surface area (TPSA) is 55.0 Å². The molecular formula is C16H18N2O2. The highest BCUT2D eigenvalue weighted by atomic mass is 16.5. The fourth-order valence-corrected chi connectivity index (χ4v) is 2.35. The maximum absolute atomic E-state index is 11.0. The van der Waals surface area contributed by atoms with E-state index in [0.717, 1.165) is 42.3 Å². The Morgan fingerprint density at radius 3 is 2.85 bits per heavy atom. The summed E-state index contributed by atoms with van der Waals surface area (Å²) in [6.45, 7) is 0.864. The Morgan fingerprint density at radius 2 is 2.10 bits per heavy atom. The van der Waals surface area contributed by atoms with Crippen LogP contribution in [0.25, 0.3) is 10.9 Å². The number of ether oxygens (including phenoxy) is 1. The van der Waals surface area contributed by atoms with E-state index in [9.17, 15) is 4.79 Å². The summed E-state index contributed by atoms with van der Waals surface area (Å²) in [5.41, 5.74) is 1.81. The van der Waals surface area contributed by atoms with Gasteiger partial charge in [-0.3, -0.25) is 4.79 Å². The normalized spacial score (nSPS) is 10.4. The van der Waals surface area contributed by atoms with Crippen molar-refractivity contribution in [3.63, 3.8) is 0 Å². The minimum atomic E-state index is -0.150. The van der Waals surface area contributed by atoms with Crippen molar-refractivity contribution in [3.8, 4) is 6.07 Å². The lowest BCUT2D eigenvalue weighted by Crippen LogP contribution is -2.00. The third kappa shape index (κ3) is 3.18. The Balaban J connectivity index is 1.94. The predicted molar refractivity (Wildman–Crippen MR) is 77.1 cm³/mol. The van der Waals surface area contributed by atoms with Crippen molar-refractivity contribution in [1.82, 2.24) is 4.57 Å². The smallest absolute Gasteiger partial charge is 0.305 e. The number of aromatic nitrogens is 1. The number of benzene rings is 1. The van der Waals surface area contributed by atoms with E-state index in [-0.39, 0.29) is 5.97 Å². The number of nitriles is 1. The van der Waals surface area contributed by atoms with Crippen LogP contribution >= 0.6 is 0 Å². The summed E-state index contributed by atoms with van der Waals surface area (Å²) in [5, 5.41) is 10.1. The zero-order valence-corrected chi connectivity index (χ0v) is 11.6. The van der Waals surface area contributed by atoms with Crippen LogP contribution in [0.4, 0.5) is 0 Å². The van der Waals surface area contributed by atoms with Crippen molar-refractivity contribution in [2.75, 3.05) is 7.11 Å². The van der Waals surface area contributed by atoms with Crippen LogP contribution in [0.5, 0.6) is 0 Å². The third-order valence-corrected chi connectivity index (χ3v) is 3.42. The van der Waals surface area contributed by atoms with Crippen molar-refractivity contribution in [2.24, 2.45) is 0 Å². The van der Waals surface area contributed by atoms with Crippen LogP contribution in [0.3, 0.4) is 0 Å². The molecule has 0 saturated heterocycles. The quantitative estimate of drug-likeness (QED) is 0.598. The summed E-state index contributed by atoms with van der Waals surface area (Å²) in [6.07, 6.45) is 5.19. The number of unbranched alkanes of at least 4 members (excludes halogenated alkanes) is 2. The Morgan fingerprint density at radius 1 is 1.30 bits per heavy atom. The summed E-state index contributed by atoms with van der Waals surface area (Å²) in [6, 6.07) is 10.2. The van der Waals surface area contributed by atoms with Gasteiger partial charge in [-0.1, -0.05) is 24.6 Å². The van der Waals surface area contributed by atoms with Gasteiger partial charge in [0.25, 0.3) is 0 Å². The largest absolute Gasteiger partial charge is 0.469 e. The summed E-state index contributed by atoms with van der Waals surface area (Å²) < 4.78 is 6.73. The molecule has 4 nitrogen and oxygen atoms in total. The lowest BCUT2D eigenvalue weighted by molar-refractivity contribution is -0.140. The van der Waals surface area contributed by atoms with E-state index in [2.05, 4.69) is 15.4 Å². The Kier molecular flexibility index (Phi) is 4.78. The molecule has 0 saturated carbocycles. The second-order valence-corrected chi connectivity index (χ2v) is 4.75. The molecule has 1 heterocycles. The lowest BCUT2D eigenvalue weighted by atomic mass is 10.2. The zero-order chi connectivity index (χ0) is 14.4. The fourth-order valence-electron chi connectivity index (χ4n) is 2.35. The molecule has 2 aromatic rings. The van der Waals surface area contributed by atoms with Gasteiger partial charge in [-0.15, -0.1) is 0 Å². The molecule has 0 aliphatic rings. The number of methoxy groups -OCH3 is 1. The lowest BCUT2D eigenvalue weighted by Gasteiger charge is -2.05. The van der Waals surface area contributed by atoms with Gasteiger partial charge in [0.15, 0.2) is 0 Å². The Bertz CT molecular complexity index is 637. The Hall–Kier alpha value is -2.28. The van der Waals surface area contributed by atoms with Gasteiger partial charge in [-0.2, -0.15) is 5.26 Å². The Labute approximate surface area is 118 Å². The maximum Gasteiger partial charge on any atom is 0.305 e. The van der Waals surface area contributed by atoms with Crippen molar-refractivity contribution in [2.45, 2.75) is 32.2 Å². The van der Waals surface area contributed by atoms with E-state index in [0.29, 0.717) is 6.42 Å². The van der Waals surface area contributed by atoms with Crippen molar-refractivity contribution >= 4 is 16.9 Å². The van der Waals surface area contributed by atoms with Gasteiger partial charge in [-0.25, -0.2) is 0 Å². The number of hydrogen-bond acceptors (Lipinski definition) is 3. The number of rotatable bonds is 6. The SMILES string of the molecule is COC(=O)CCCCCn1cc(C#N)c2ccccc21. The van der Waals surface area contributed by atoms with Crippen molar-refractivity contribution in [3.05, 3.63) is 36.0 Å². The molecule has 0 radical (unpaired) electrons. The van der Waals surface area contributed by atoms with Gasteiger partial charge in [0.05, 0.1) is 12.7 Å². The van der Waals surface area contributed by atoms with Gasteiger partial charge in [0.1, 0.15) is 6.07 Å². The molecule has 0 aliphatic carbocycles. The highest BCUT2D eigenvalue weighted by Gasteiger charge is 2.07. The van der Waals surface area contributed by atoms with Crippen LogP contribution in [-0.2, 0) is 16.1 Å². The number of para-hydroxylation sites is 1. The number of fused-ring (bicyclic) bond motifs is 1. The predicted octanol–water partition coefficient (Wildman–Crippen LogP) is 3.25. The molecule has 0 N–H and O–H groups in total. The number of nitrogens with zero attached hydrogens (tertiary/aromatic N) is 2. The monoisotopic (exact) mass is 270 g/mol. The molecule has 0 fully saturated rings. The first-order valence-corrected chi connectivity index (χ1v) is 6.81. The third-order valence-electron chi connectivity index (χ3n) is 3.42. The molecule has 0 unspecified atom stereocenters. The first kappa shape index (κ1) is 14.1. The summed E-state index contributed by atoms with van der Waals surface area (Å²) in [7, 11) is 1.41. The molecule has 20 heavy (non-hydrogen) atoms. The average Bonchev–Trinajstić information content (AvgIpc) is 2.85. The minimum absolute atomic E-state index is 0.150. The van der Waals surface area contributed by atoms with E-state index >= 15 is 0 Å². The molecule has 2 rings (SSSR count). The number of aryl methyl sites for hydroxylation is 1. The van der Waals surface area contributed by atoms with Gasteiger partial charge >= 0.3 is 5.97 Å². The van der Waals surface area contributed by atoms with E-state index in [1.165, 1.54) is 7.11 Å². The molecule has 4 heteroatoms. The van der Waals surface area contributed by atoms with Gasteiger partial charge < -0.3 is 9.30 Å². The molecule has 0 aliphatic heterocycles. The first-order valence-electron chi connectivity index (χ1n) is 6.81. The molecule has 0 atom stereocenters. The average molecular weight is 270 g/mol. The fraction of sp³-hybridized carbons (Fsp3) is 0.375. The van der Waals surface area contributed by atoms with Gasteiger partial charge in [0.2, 0.25) is 0 Å². The van der Waals surface area contributed by atoms with Gasteiger partial charge in [0, 0.05) is 30.1 Å². The van der Waals surface area contributed by atoms with Crippen molar-refractivity contribution in [1.29, 1.82) is 5.26 Å². The molecule has 1 aromatic heterocycles. The molecule has 104 valence electrons. The molecule has 0 bridgehead atoms. The van der Waals surface area contributed by atoms with Crippen LogP contribution in [0.15, 0.2) is 30.5 Å². The van der Waals surface area contributed by atoms with Crippen LogP contribution in [0.1, 0.15) is 31.2 Å². The van der Waals surface area contributed by atoms with Crippen molar-refractivity contribution < 1.29 is 9.53 Å². The van der Waals surface area contributed by atoms with E-state index in [4.69, 9.17) is 5.26 Å². The molecule has 0 spiro atoms. The number of carbonyl (C=O) groups excluding carboxylic acids is 1. The second-order valence-electron chi connectivity index (χ2n) is 4.75. The van der Waals surface area contributed by atoms with Crippen LogP contribution in [-0.4, -0.2) is 17.6 Å². The minimum Gasteiger partial charge on any atom is -0.469 e. The van der Waals surface area contributed by atoms with Crippen LogP contribution in [0.2, 0.25) is 0 Å². The maximum atomic E-state index is 11.0. The summed E-state index contributed by atoms with van der Waals surface area (Å²) in [4.78, 5) is 11.0. The number of esters is 1.